The Balaban J connectivity index is 1.97. The largest absolute Gasteiger partial charge is 0.483 e. The molecule has 0 atom stereocenters. The Bertz CT molecular complexity index is 675. The highest BCUT2D eigenvalue weighted by Crippen LogP contribution is 2.28. The lowest BCUT2D eigenvalue weighted by atomic mass is 10.1. The van der Waals surface area contributed by atoms with Gasteiger partial charge in [-0.05, 0) is 58.7 Å². The molecule has 4 nitrogen and oxygen atoms in total. The van der Waals surface area contributed by atoms with Crippen LogP contribution in [-0.2, 0) is 4.79 Å². The molecule has 0 bridgehead atoms. The van der Waals surface area contributed by atoms with Crippen molar-refractivity contribution in [2.75, 3.05) is 17.7 Å². The van der Waals surface area contributed by atoms with Crippen LogP contribution < -0.4 is 15.8 Å². The summed E-state index contributed by atoms with van der Waals surface area (Å²) in [7, 11) is 0. The summed E-state index contributed by atoms with van der Waals surface area (Å²) in [5.74, 6) is 0.371. The number of hydrogen-bond acceptors (Lipinski definition) is 3. The molecule has 21 heavy (non-hydrogen) atoms. The van der Waals surface area contributed by atoms with Crippen molar-refractivity contribution >= 4 is 49.1 Å². The van der Waals surface area contributed by atoms with Crippen LogP contribution in [0.25, 0.3) is 0 Å². The summed E-state index contributed by atoms with van der Waals surface area (Å²) < 4.78 is 7.20. The van der Waals surface area contributed by atoms with Gasteiger partial charge in [0.15, 0.2) is 6.61 Å². The topological polar surface area (TPSA) is 64.3 Å². The summed E-state index contributed by atoms with van der Waals surface area (Å²) in [5, 5.41) is 2.78. The van der Waals surface area contributed by atoms with E-state index >= 15 is 0 Å². The van der Waals surface area contributed by atoms with Crippen molar-refractivity contribution in [1.82, 2.24) is 0 Å². The maximum absolute atomic E-state index is 11.9. The molecule has 0 fully saturated rings. The first-order chi connectivity index (χ1) is 9.97. The molecular formula is C15H14Br2N2O2. The fourth-order valence-corrected chi connectivity index (χ4v) is 2.87. The van der Waals surface area contributed by atoms with Gasteiger partial charge in [-0.2, -0.15) is 0 Å². The summed E-state index contributed by atoms with van der Waals surface area (Å²) in [6.07, 6.45) is 0. The number of nitrogen functional groups attached to an aromatic ring is 1. The standard InChI is InChI=1S/C15H14Br2N2O2/c1-9-12(18)3-2-4-13(9)19-15(20)8-21-14-6-5-10(16)7-11(14)17/h2-7H,8,18H2,1H3,(H,19,20). The minimum Gasteiger partial charge on any atom is -0.483 e. The van der Waals surface area contributed by atoms with E-state index in [4.69, 9.17) is 10.5 Å². The number of anilines is 2. The molecule has 0 aliphatic heterocycles. The second kappa shape index (κ2) is 6.95. The number of nitrogens with two attached hydrogens (primary N) is 1. The van der Waals surface area contributed by atoms with Gasteiger partial charge in [0.05, 0.1) is 4.47 Å². The Morgan fingerprint density at radius 3 is 2.76 bits per heavy atom. The van der Waals surface area contributed by atoms with Crippen LogP contribution in [0, 0.1) is 6.92 Å². The maximum Gasteiger partial charge on any atom is 0.262 e. The Labute approximate surface area is 139 Å². The highest BCUT2D eigenvalue weighted by Gasteiger charge is 2.08. The normalized spacial score (nSPS) is 10.2. The predicted molar refractivity (Wildman–Crippen MR) is 91.6 cm³/mol. The number of rotatable bonds is 4. The van der Waals surface area contributed by atoms with Crippen LogP contribution in [0.1, 0.15) is 5.56 Å². The fourth-order valence-electron chi connectivity index (χ4n) is 1.71. The molecule has 2 aromatic carbocycles. The number of ether oxygens (including phenoxy) is 1. The number of nitrogens with one attached hydrogen (secondary N) is 1. The van der Waals surface area contributed by atoms with E-state index in [1.54, 1.807) is 24.3 Å². The van der Waals surface area contributed by atoms with Crippen molar-refractivity contribution in [1.29, 1.82) is 0 Å². The van der Waals surface area contributed by atoms with Gasteiger partial charge in [0, 0.05) is 15.8 Å². The van der Waals surface area contributed by atoms with Crippen molar-refractivity contribution < 1.29 is 9.53 Å². The van der Waals surface area contributed by atoms with Gasteiger partial charge >= 0.3 is 0 Å². The van der Waals surface area contributed by atoms with Crippen molar-refractivity contribution in [3.05, 3.63) is 50.9 Å². The second-order valence-corrected chi connectivity index (χ2v) is 6.20. The van der Waals surface area contributed by atoms with E-state index in [0.29, 0.717) is 17.1 Å². The molecule has 110 valence electrons. The lowest BCUT2D eigenvalue weighted by Crippen LogP contribution is -2.21. The quantitative estimate of drug-likeness (QED) is 0.741. The highest BCUT2D eigenvalue weighted by molar-refractivity contribution is 9.11. The van der Waals surface area contributed by atoms with Crippen LogP contribution in [0.2, 0.25) is 0 Å². The molecule has 0 aliphatic rings. The smallest absolute Gasteiger partial charge is 0.262 e. The van der Waals surface area contributed by atoms with E-state index in [-0.39, 0.29) is 12.5 Å². The minimum absolute atomic E-state index is 0.0749. The van der Waals surface area contributed by atoms with E-state index < -0.39 is 0 Å². The molecule has 3 N–H and O–H groups in total. The average Bonchev–Trinajstić information content (AvgIpc) is 2.43. The molecule has 0 aliphatic carbocycles. The lowest BCUT2D eigenvalue weighted by molar-refractivity contribution is -0.118. The SMILES string of the molecule is Cc1c(N)cccc1NC(=O)COc1ccc(Br)cc1Br. The van der Waals surface area contributed by atoms with Gasteiger partial charge in [0.25, 0.3) is 5.91 Å². The van der Waals surface area contributed by atoms with Crippen LogP contribution in [0.5, 0.6) is 5.75 Å². The first-order valence-electron chi connectivity index (χ1n) is 6.20. The third-order valence-corrected chi connectivity index (χ3v) is 4.02. The third kappa shape index (κ3) is 4.22. The molecule has 2 aromatic rings. The van der Waals surface area contributed by atoms with Crippen LogP contribution >= 0.6 is 31.9 Å². The summed E-state index contributed by atoms with van der Waals surface area (Å²) in [6.45, 7) is 1.78. The Kier molecular flexibility index (Phi) is 5.25. The monoisotopic (exact) mass is 412 g/mol. The second-order valence-electron chi connectivity index (χ2n) is 4.43. The Hall–Kier alpha value is -1.53. The Morgan fingerprint density at radius 1 is 1.29 bits per heavy atom. The van der Waals surface area contributed by atoms with Crippen LogP contribution in [0.3, 0.4) is 0 Å². The van der Waals surface area contributed by atoms with E-state index in [9.17, 15) is 4.79 Å². The summed E-state index contributed by atoms with van der Waals surface area (Å²) in [6, 6.07) is 10.9. The number of benzene rings is 2. The van der Waals surface area contributed by atoms with Crippen molar-refractivity contribution in [3.8, 4) is 5.75 Å². The predicted octanol–water partition coefficient (Wildman–Crippen LogP) is 4.12. The van der Waals surface area contributed by atoms with E-state index in [0.717, 1.165) is 14.5 Å². The van der Waals surface area contributed by atoms with Crippen LogP contribution in [0.15, 0.2) is 45.3 Å². The zero-order chi connectivity index (χ0) is 15.4. The van der Waals surface area contributed by atoms with E-state index in [1.165, 1.54) is 0 Å². The van der Waals surface area contributed by atoms with Crippen molar-refractivity contribution in [2.45, 2.75) is 6.92 Å². The summed E-state index contributed by atoms with van der Waals surface area (Å²) >= 11 is 6.74. The van der Waals surface area contributed by atoms with Crippen molar-refractivity contribution in [3.63, 3.8) is 0 Å². The van der Waals surface area contributed by atoms with Gasteiger partial charge in [-0.15, -0.1) is 0 Å². The van der Waals surface area contributed by atoms with Gasteiger partial charge in [-0.1, -0.05) is 22.0 Å². The molecule has 0 radical (unpaired) electrons. The molecule has 0 aromatic heterocycles. The number of halogens is 2. The van der Waals surface area contributed by atoms with Gasteiger partial charge in [0.1, 0.15) is 5.75 Å². The highest BCUT2D eigenvalue weighted by atomic mass is 79.9. The van der Waals surface area contributed by atoms with Crippen LogP contribution in [-0.4, -0.2) is 12.5 Å². The molecule has 0 spiro atoms. The zero-order valence-electron chi connectivity index (χ0n) is 11.3. The maximum atomic E-state index is 11.9. The number of carbonyl (C=O) groups is 1. The van der Waals surface area contributed by atoms with Gasteiger partial charge in [0.2, 0.25) is 0 Å². The van der Waals surface area contributed by atoms with Crippen LogP contribution in [0.4, 0.5) is 11.4 Å². The zero-order valence-corrected chi connectivity index (χ0v) is 14.5. The number of carbonyl (C=O) groups excluding carboxylic acids is 1. The Morgan fingerprint density at radius 2 is 2.05 bits per heavy atom. The molecular weight excluding hydrogens is 400 g/mol. The number of amides is 1. The van der Waals surface area contributed by atoms with E-state index in [2.05, 4.69) is 37.2 Å². The minimum atomic E-state index is -0.237. The van der Waals surface area contributed by atoms with Crippen molar-refractivity contribution in [2.24, 2.45) is 0 Å². The molecule has 0 heterocycles. The molecule has 6 heteroatoms. The first-order valence-corrected chi connectivity index (χ1v) is 7.79. The van der Waals surface area contributed by atoms with Gasteiger partial charge in [-0.25, -0.2) is 0 Å². The van der Waals surface area contributed by atoms with Gasteiger partial charge < -0.3 is 15.8 Å². The molecule has 0 saturated carbocycles. The summed E-state index contributed by atoms with van der Waals surface area (Å²) in [4.78, 5) is 11.9. The lowest BCUT2D eigenvalue weighted by Gasteiger charge is -2.11. The molecule has 2 rings (SSSR count). The van der Waals surface area contributed by atoms with Gasteiger partial charge in [-0.3, -0.25) is 4.79 Å². The van der Waals surface area contributed by atoms with E-state index in [1.807, 2.05) is 19.1 Å². The molecule has 1 amide bonds. The fraction of sp³-hybridized carbons (Fsp3) is 0.133. The third-order valence-electron chi connectivity index (χ3n) is 2.90. The molecule has 0 saturated heterocycles. The molecule has 0 unspecified atom stereocenters. The first kappa shape index (κ1) is 15.9. The number of hydrogen-bond donors (Lipinski definition) is 2. The average molecular weight is 414 g/mol. The summed E-state index contributed by atoms with van der Waals surface area (Å²) in [5.41, 5.74) is 7.98.